The number of fused-ring (bicyclic) bond motifs is 1. The topological polar surface area (TPSA) is 79.4 Å². The summed E-state index contributed by atoms with van der Waals surface area (Å²) in [7, 11) is 0. The van der Waals surface area contributed by atoms with Crippen molar-refractivity contribution < 1.29 is 0 Å². The lowest BCUT2D eigenvalue weighted by Crippen LogP contribution is -2.27. The molecule has 1 unspecified atom stereocenters. The molecular weight excluding hydrogens is 252 g/mol. The smallest absolute Gasteiger partial charge is 0.143 e. The Hall–Kier alpha value is -2.42. The highest BCUT2D eigenvalue weighted by Crippen LogP contribution is 2.20. The average Bonchev–Trinajstić information content (AvgIpc) is 2.86. The number of hydrogen-bond acceptors (Lipinski definition) is 5. The third kappa shape index (κ3) is 2.35. The van der Waals surface area contributed by atoms with Crippen molar-refractivity contribution in [1.82, 2.24) is 19.7 Å². The van der Waals surface area contributed by atoms with Crippen LogP contribution in [0, 0.1) is 24.2 Å². The number of nitriles is 1. The molecule has 0 aliphatic carbocycles. The number of anilines is 1. The number of aromatic nitrogens is 4. The zero-order chi connectivity index (χ0) is 13.9. The highest BCUT2D eigenvalue weighted by Gasteiger charge is 2.21. The maximum Gasteiger partial charge on any atom is 0.143 e. The molecule has 0 saturated heterocycles. The van der Waals surface area contributed by atoms with E-state index >= 15 is 0 Å². The predicted octanol–water partition coefficient (Wildman–Crippen LogP) is 1.53. The molecule has 0 radical (unpaired) electrons. The first-order valence-electron chi connectivity index (χ1n) is 6.75. The number of pyridine rings is 1. The lowest BCUT2D eigenvalue weighted by molar-refractivity contribution is 0.376. The second kappa shape index (κ2) is 5.29. The van der Waals surface area contributed by atoms with Crippen LogP contribution in [0.15, 0.2) is 18.3 Å². The van der Waals surface area contributed by atoms with E-state index in [0.29, 0.717) is 17.3 Å². The molecular formula is C14H16N6. The third-order valence-electron chi connectivity index (χ3n) is 3.72. The normalized spacial score (nSPS) is 17.3. The minimum atomic E-state index is 0.505. The van der Waals surface area contributed by atoms with Crippen molar-refractivity contribution in [2.24, 2.45) is 5.92 Å². The van der Waals surface area contributed by atoms with Crippen molar-refractivity contribution in [3.8, 4) is 6.07 Å². The quantitative estimate of drug-likeness (QED) is 0.913. The Labute approximate surface area is 117 Å². The lowest BCUT2D eigenvalue weighted by Gasteiger charge is -2.24. The van der Waals surface area contributed by atoms with Crippen LogP contribution in [0.2, 0.25) is 0 Å². The van der Waals surface area contributed by atoms with Crippen LogP contribution in [0.4, 0.5) is 5.82 Å². The predicted molar refractivity (Wildman–Crippen MR) is 74.0 cm³/mol. The molecule has 0 bridgehead atoms. The molecule has 1 aliphatic rings. The maximum atomic E-state index is 9.04. The molecule has 1 atom stereocenters. The van der Waals surface area contributed by atoms with Crippen molar-refractivity contribution in [2.45, 2.75) is 26.3 Å². The van der Waals surface area contributed by atoms with Crippen LogP contribution in [0.5, 0.6) is 0 Å². The summed E-state index contributed by atoms with van der Waals surface area (Å²) in [6.45, 7) is 3.72. The van der Waals surface area contributed by atoms with Gasteiger partial charge in [0.25, 0.3) is 0 Å². The van der Waals surface area contributed by atoms with Gasteiger partial charge in [-0.15, -0.1) is 10.2 Å². The Morgan fingerprint density at radius 3 is 3.25 bits per heavy atom. The SMILES string of the molecule is Cc1nnc2n1CC(CNc1ncccc1C#N)CC2. The molecule has 3 rings (SSSR count). The lowest BCUT2D eigenvalue weighted by atomic mass is 9.99. The molecule has 20 heavy (non-hydrogen) atoms. The minimum Gasteiger partial charge on any atom is -0.369 e. The molecule has 3 heterocycles. The first kappa shape index (κ1) is 12.6. The zero-order valence-electron chi connectivity index (χ0n) is 11.4. The fourth-order valence-corrected chi connectivity index (χ4v) is 2.57. The summed E-state index contributed by atoms with van der Waals surface area (Å²) in [4.78, 5) is 4.22. The van der Waals surface area contributed by atoms with Gasteiger partial charge in [-0.25, -0.2) is 4.98 Å². The van der Waals surface area contributed by atoms with E-state index in [1.54, 1.807) is 18.3 Å². The number of rotatable bonds is 3. The van der Waals surface area contributed by atoms with Gasteiger partial charge in [0, 0.05) is 25.7 Å². The second-order valence-corrected chi connectivity index (χ2v) is 5.07. The first-order chi connectivity index (χ1) is 9.78. The van der Waals surface area contributed by atoms with Gasteiger partial charge in [0.1, 0.15) is 23.5 Å². The number of aryl methyl sites for hydroxylation is 2. The Bertz CT molecular complexity index is 654. The van der Waals surface area contributed by atoms with Gasteiger partial charge in [0.15, 0.2) is 0 Å². The van der Waals surface area contributed by atoms with Gasteiger partial charge in [0.2, 0.25) is 0 Å². The van der Waals surface area contributed by atoms with E-state index in [0.717, 1.165) is 37.6 Å². The van der Waals surface area contributed by atoms with Crippen molar-refractivity contribution >= 4 is 5.82 Å². The molecule has 2 aromatic heterocycles. The molecule has 0 spiro atoms. The fraction of sp³-hybridized carbons (Fsp3) is 0.429. The van der Waals surface area contributed by atoms with Crippen LogP contribution in [-0.4, -0.2) is 26.3 Å². The number of nitrogens with zero attached hydrogens (tertiary/aromatic N) is 5. The second-order valence-electron chi connectivity index (χ2n) is 5.07. The van der Waals surface area contributed by atoms with Crippen molar-refractivity contribution in [3.05, 3.63) is 35.5 Å². The molecule has 0 saturated carbocycles. The Morgan fingerprint density at radius 1 is 1.50 bits per heavy atom. The van der Waals surface area contributed by atoms with Gasteiger partial charge in [0.05, 0.1) is 5.56 Å². The van der Waals surface area contributed by atoms with Crippen LogP contribution >= 0.6 is 0 Å². The van der Waals surface area contributed by atoms with E-state index in [1.807, 2.05) is 6.92 Å². The van der Waals surface area contributed by atoms with Gasteiger partial charge in [-0.1, -0.05) is 0 Å². The largest absolute Gasteiger partial charge is 0.369 e. The highest BCUT2D eigenvalue weighted by atomic mass is 15.3. The third-order valence-corrected chi connectivity index (χ3v) is 3.72. The van der Waals surface area contributed by atoms with Crippen LogP contribution in [-0.2, 0) is 13.0 Å². The molecule has 0 fully saturated rings. The Balaban J connectivity index is 1.66. The van der Waals surface area contributed by atoms with Gasteiger partial charge in [-0.2, -0.15) is 5.26 Å². The molecule has 6 nitrogen and oxygen atoms in total. The summed E-state index contributed by atoms with van der Waals surface area (Å²) in [6, 6.07) is 5.70. The first-order valence-corrected chi connectivity index (χ1v) is 6.75. The van der Waals surface area contributed by atoms with Crippen LogP contribution in [0.1, 0.15) is 23.6 Å². The van der Waals surface area contributed by atoms with E-state index in [9.17, 15) is 0 Å². The van der Waals surface area contributed by atoms with Crippen LogP contribution in [0.25, 0.3) is 0 Å². The molecule has 0 amide bonds. The van der Waals surface area contributed by atoms with E-state index in [4.69, 9.17) is 5.26 Å². The standard InChI is InChI=1S/C14H16N6/c1-10-18-19-13-5-4-11(9-20(10)13)8-17-14-12(7-15)3-2-6-16-14/h2-3,6,11H,4-5,8-9H2,1H3,(H,16,17). The summed E-state index contributed by atoms with van der Waals surface area (Å²) < 4.78 is 2.18. The monoisotopic (exact) mass is 268 g/mol. The van der Waals surface area contributed by atoms with Crippen LogP contribution < -0.4 is 5.32 Å². The van der Waals surface area contributed by atoms with Gasteiger partial charge >= 0.3 is 0 Å². The van der Waals surface area contributed by atoms with Crippen molar-refractivity contribution in [3.63, 3.8) is 0 Å². The average molecular weight is 268 g/mol. The van der Waals surface area contributed by atoms with E-state index in [2.05, 4.69) is 31.1 Å². The summed E-state index contributed by atoms with van der Waals surface area (Å²) in [5, 5.41) is 20.6. The Morgan fingerprint density at radius 2 is 2.40 bits per heavy atom. The molecule has 6 heteroatoms. The van der Waals surface area contributed by atoms with E-state index in [-0.39, 0.29) is 0 Å². The Kier molecular flexibility index (Phi) is 3.33. The van der Waals surface area contributed by atoms with Gasteiger partial charge in [-0.05, 0) is 31.4 Å². The molecule has 102 valence electrons. The van der Waals surface area contributed by atoms with Crippen molar-refractivity contribution in [2.75, 3.05) is 11.9 Å². The summed E-state index contributed by atoms with van der Waals surface area (Å²) in [5.74, 6) is 3.22. The van der Waals surface area contributed by atoms with Crippen molar-refractivity contribution in [1.29, 1.82) is 5.26 Å². The fourth-order valence-electron chi connectivity index (χ4n) is 2.57. The summed E-state index contributed by atoms with van der Waals surface area (Å²) in [6.07, 6.45) is 3.74. The zero-order valence-corrected chi connectivity index (χ0v) is 11.4. The van der Waals surface area contributed by atoms with Crippen LogP contribution in [0.3, 0.4) is 0 Å². The number of hydrogen-bond donors (Lipinski definition) is 1. The van der Waals surface area contributed by atoms with Gasteiger partial charge < -0.3 is 9.88 Å². The highest BCUT2D eigenvalue weighted by molar-refractivity contribution is 5.51. The molecule has 1 N–H and O–H groups in total. The minimum absolute atomic E-state index is 0.505. The maximum absolute atomic E-state index is 9.04. The van der Waals surface area contributed by atoms with Gasteiger partial charge in [-0.3, -0.25) is 0 Å². The molecule has 2 aromatic rings. The number of nitrogens with one attached hydrogen (secondary N) is 1. The molecule has 0 aromatic carbocycles. The molecule has 1 aliphatic heterocycles. The van der Waals surface area contributed by atoms with E-state index < -0.39 is 0 Å². The summed E-state index contributed by atoms with van der Waals surface area (Å²) in [5.41, 5.74) is 0.587. The van der Waals surface area contributed by atoms with E-state index in [1.165, 1.54) is 0 Å². The summed E-state index contributed by atoms with van der Waals surface area (Å²) >= 11 is 0.